The first kappa shape index (κ1) is 41.5. The molecular weight excluding hydrogens is 543 g/mol. The van der Waals surface area contributed by atoms with Gasteiger partial charge < -0.3 is 14.3 Å². The van der Waals surface area contributed by atoms with Gasteiger partial charge in [0.05, 0.1) is 6.61 Å². The van der Waals surface area contributed by atoms with E-state index in [2.05, 4.69) is 18.7 Å². The molecule has 248 valence electrons. The van der Waals surface area contributed by atoms with Crippen LogP contribution in [0, 0.1) is 0 Å². The molecule has 0 aliphatic heterocycles. The lowest BCUT2D eigenvalue weighted by Crippen LogP contribution is -1.92. The summed E-state index contributed by atoms with van der Waals surface area (Å²) in [7, 11) is 0. The van der Waals surface area contributed by atoms with Crippen molar-refractivity contribution < 1.29 is 14.3 Å². The van der Waals surface area contributed by atoms with Gasteiger partial charge in [0.2, 0.25) is 0 Å². The average Bonchev–Trinajstić information content (AvgIpc) is 2.94. The van der Waals surface area contributed by atoms with Crippen molar-refractivity contribution in [3.05, 3.63) is 0 Å². The minimum atomic E-state index is -3.44. The summed E-state index contributed by atoms with van der Waals surface area (Å²) >= 11 is 4.44. The maximum atomic E-state index is 9.00. The van der Waals surface area contributed by atoms with Crippen LogP contribution in [0.5, 0.6) is 0 Å². The lowest BCUT2D eigenvalue weighted by Gasteiger charge is -2.07. The maximum absolute atomic E-state index is 9.00. The van der Waals surface area contributed by atoms with Crippen molar-refractivity contribution in [2.24, 2.45) is 0 Å². The molecule has 41 heavy (non-hydrogen) atoms. The normalized spacial score (nSPS) is 12.0. The van der Waals surface area contributed by atoms with Gasteiger partial charge in [-0.2, -0.15) is 0 Å². The molecule has 0 spiro atoms. The summed E-state index contributed by atoms with van der Waals surface area (Å²) in [5.74, 6) is 0. The molecule has 0 aromatic carbocycles. The molecule has 0 fully saturated rings. The Morgan fingerprint density at radius 2 is 0.512 bits per heavy atom. The van der Waals surface area contributed by atoms with Gasteiger partial charge in [0.15, 0.2) is 0 Å². The van der Waals surface area contributed by atoms with Gasteiger partial charge in [-0.3, -0.25) is 0 Å². The van der Waals surface area contributed by atoms with E-state index in [-0.39, 0.29) is 0 Å². The molecule has 0 saturated heterocycles. The lowest BCUT2D eigenvalue weighted by atomic mass is 10.0. The number of hydrogen-bond donors (Lipinski definition) is 2. The summed E-state index contributed by atoms with van der Waals surface area (Å²) in [5, 5.41) is 0. The third-order valence-electron chi connectivity index (χ3n) is 8.76. The highest BCUT2D eigenvalue weighted by molar-refractivity contribution is 8.06. The van der Waals surface area contributed by atoms with Gasteiger partial charge in [-0.05, 0) is 18.2 Å². The van der Waals surface area contributed by atoms with Crippen LogP contribution in [0.3, 0.4) is 0 Å². The van der Waals surface area contributed by atoms with Gasteiger partial charge in [0, 0.05) is 0 Å². The van der Waals surface area contributed by atoms with Gasteiger partial charge in [0.25, 0.3) is 0 Å². The van der Waals surface area contributed by atoms with Crippen molar-refractivity contribution in [2.45, 2.75) is 225 Å². The number of unbranched alkanes of at least 4 members (excludes halogenated alkanes) is 33. The summed E-state index contributed by atoms with van der Waals surface area (Å²) in [6.45, 7) is -0.756. The summed E-state index contributed by atoms with van der Waals surface area (Å²) in [5.41, 5.74) is 0. The van der Waals surface area contributed by atoms with Crippen LogP contribution in [0.4, 0.5) is 0 Å². The summed E-state index contributed by atoms with van der Waals surface area (Å²) in [6.07, 6.45) is 48.0. The molecule has 5 heteroatoms. The van der Waals surface area contributed by atoms with Crippen LogP contribution in [0.2, 0.25) is 0 Å². The topological polar surface area (TPSA) is 49.7 Å². The Balaban J connectivity index is 3.05. The molecule has 2 N–H and O–H groups in total. The predicted molar refractivity (Wildman–Crippen MR) is 187 cm³/mol. The van der Waals surface area contributed by atoms with Crippen molar-refractivity contribution in [3.8, 4) is 0 Å². The molecule has 0 saturated carbocycles. The van der Waals surface area contributed by atoms with E-state index in [1.165, 1.54) is 205 Å². The maximum Gasteiger partial charge on any atom is 0.321 e. The van der Waals surface area contributed by atoms with Gasteiger partial charge in [-0.25, -0.2) is 0 Å². The first-order chi connectivity index (χ1) is 20.1. The molecule has 0 heterocycles. The van der Waals surface area contributed by atoms with Gasteiger partial charge in [0.1, 0.15) is 0 Å². The van der Waals surface area contributed by atoms with E-state index < -0.39 is 6.72 Å². The third-order valence-corrected chi connectivity index (χ3v) is 9.59. The van der Waals surface area contributed by atoms with E-state index >= 15 is 0 Å². The Hall–Kier alpha value is 0.530. The van der Waals surface area contributed by atoms with Gasteiger partial charge in [-0.15, -0.1) is 0 Å². The number of hydrogen-bond acceptors (Lipinski definition) is 2. The molecule has 0 atom stereocenters. The Kier molecular flexibility index (Phi) is 35.5. The zero-order chi connectivity index (χ0) is 30.0. The van der Waals surface area contributed by atoms with Crippen molar-refractivity contribution >= 4 is 18.5 Å². The van der Waals surface area contributed by atoms with Crippen LogP contribution < -0.4 is 0 Å². The molecule has 0 bridgehead atoms. The fourth-order valence-corrected chi connectivity index (χ4v) is 6.61. The lowest BCUT2D eigenvalue weighted by molar-refractivity contribution is 0.245. The molecule has 0 aliphatic carbocycles. The molecule has 0 aliphatic rings. The zero-order valence-corrected chi connectivity index (χ0v) is 29.6. The van der Waals surface area contributed by atoms with Crippen LogP contribution in [0.25, 0.3) is 0 Å². The first-order valence-corrected chi connectivity index (χ1v) is 21.4. The second-order valence-corrected chi connectivity index (χ2v) is 15.7. The quantitative estimate of drug-likeness (QED) is 0.0542. The Bertz CT molecular complexity index is 525. The van der Waals surface area contributed by atoms with E-state index in [1.54, 1.807) is 0 Å². The predicted octanol–water partition coefficient (Wildman–Crippen LogP) is 13.5. The smallest absolute Gasteiger partial charge is 0.321 e. The Labute approximate surface area is 264 Å². The van der Waals surface area contributed by atoms with E-state index in [9.17, 15) is 0 Å². The highest BCUT2D eigenvalue weighted by Gasteiger charge is 2.06. The fraction of sp³-hybridized carbons (Fsp3) is 1.00. The SMILES string of the molecule is CCCCCCCCCCCCCCCCCCCCCCCCCCCCCCCCCCCCOP(O)(O)=S. The van der Waals surface area contributed by atoms with E-state index in [0.717, 1.165) is 12.8 Å². The average molecular weight is 619 g/mol. The van der Waals surface area contributed by atoms with E-state index in [0.29, 0.717) is 6.61 Å². The molecule has 0 aromatic heterocycles. The fourth-order valence-electron chi connectivity index (χ4n) is 6.02. The molecule has 0 unspecified atom stereocenters. The summed E-state index contributed by atoms with van der Waals surface area (Å²) in [6, 6.07) is 0. The van der Waals surface area contributed by atoms with Crippen LogP contribution in [0.15, 0.2) is 0 Å². The summed E-state index contributed by atoms with van der Waals surface area (Å²) < 4.78 is 4.84. The van der Waals surface area contributed by atoms with Crippen molar-refractivity contribution in [1.29, 1.82) is 0 Å². The van der Waals surface area contributed by atoms with Crippen LogP contribution in [-0.4, -0.2) is 16.4 Å². The Morgan fingerprint density at radius 3 is 0.683 bits per heavy atom. The Morgan fingerprint density at radius 1 is 0.341 bits per heavy atom. The summed E-state index contributed by atoms with van der Waals surface area (Å²) in [4.78, 5) is 18.0. The molecule has 0 amide bonds. The third kappa shape index (κ3) is 40.5. The van der Waals surface area contributed by atoms with Crippen molar-refractivity contribution in [2.75, 3.05) is 6.61 Å². The van der Waals surface area contributed by atoms with Gasteiger partial charge in [-0.1, -0.05) is 219 Å². The highest BCUT2D eigenvalue weighted by Crippen LogP contribution is 2.36. The second kappa shape index (κ2) is 35.0. The largest absolute Gasteiger partial charge is 0.325 e. The van der Waals surface area contributed by atoms with Crippen LogP contribution in [0.1, 0.15) is 225 Å². The highest BCUT2D eigenvalue weighted by atomic mass is 32.5. The minimum absolute atomic E-state index is 0.379. The molecule has 3 nitrogen and oxygen atoms in total. The second-order valence-electron chi connectivity index (χ2n) is 13.0. The standard InChI is InChI=1S/C36H75O3PS/c1-2-3-4-5-6-7-8-9-10-11-12-13-14-15-16-17-18-19-20-21-22-23-24-25-26-27-28-29-30-31-32-33-34-35-36-39-40(37,38)41/h2-36H2,1H3,(H2,37,38,41). The molecule has 0 aromatic rings. The van der Waals surface area contributed by atoms with Crippen LogP contribution >= 0.6 is 6.72 Å². The monoisotopic (exact) mass is 619 g/mol. The van der Waals surface area contributed by atoms with Crippen LogP contribution in [-0.2, 0) is 16.3 Å². The van der Waals surface area contributed by atoms with Crippen molar-refractivity contribution in [1.82, 2.24) is 0 Å². The minimum Gasteiger partial charge on any atom is -0.325 e. The van der Waals surface area contributed by atoms with E-state index in [4.69, 9.17) is 14.3 Å². The first-order valence-electron chi connectivity index (χ1n) is 18.8. The van der Waals surface area contributed by atoms with Crippen molar-refractivity contribution in [3.63, 3.8) is 0 Å². The molecule has 0 rings (SSSR count). The molecular formula is C36H75O3PS. The van der Waals surface area contributed by atoms with Gasteiger partial charge >= 0.3 is 6.72 Å². The molecule has 0 radical (unpaired) electrons. The zero-order valence-electron chi connectivity index (χ0n) is 27.9. The number of rotatable bonds is 36. The van der Waals surface area contributed by atoms with E-state index in [1.807, 2.05) is 0 Å².